The Morgan fingerprint density at radius 2 is 1.65 bits per heavy atom. The fourth-order valence-electron chi connectivity index (χ4n) is 9.16. The molecule has 7 rings (SSSR count). The monoisotopic (exact) mass is 907 g/mol. The zero-order valence-corrected chi connectivity index (χ0v) is 37.9. The molecule has 0 unspecified atom stereocenters. The van der Waals surface area contributed by atoms with Crippen LogP contribution in [0.3, 0.4) is 0 Å². The molecule has 1 saturated carbocycles. The average Bonchev–Trinajstić information content (AvgIpc) is 3.54. The lowest BCUT2D eigenvalue weighted by Gasteiger charge is -2.30. The van der Waals surface area contributed by atoms with Gasteiger partial charge in [0, 0.05) is 43.5 Å². The molecule has 2 heterocycles. The van der Waals surface area contributed by atoms with Gasteiger partial charge in [-0.3, -0.25) is 14.5 Å². The van der Waals surface area contributed by atoms with E-state index in [0.29, 0.717) is 11.1 Å². The standard InChI is InChI=1S/C50H58FN5O10/c1-7-23-54(47(61)64-30-39-36-19-12-10-17-34(36)35-18-11-13-20-37(35)39)24-15-22-41(52-46(60)66-49(4,5)6)44(58)56-28-33(65-48(62)55-27-31-16-14-21-40(51)38(31)29-55)25-42(56)43(57)53-50(26-32(50)8-2)45(59)63-9-3/h7-8,10-14,16-21,32-33,39,41-42H,1-2,9,15,22-30H2,3-6H3,(H,52,60)(H,53,57)/t32-,33-,41+,42+,50-/m1/s1. The van der Waals surface area contributed by atoms with Gasteiger partial charge in [-0.25, -0.2) is 23.6 Å². The molecular weight excluding hydrogens is 850 g/mol. The van der Waals surface area contributed by atoms with Crippen LogP contribution < -0.4 is 10.6 Å². The van der Waals surface area contributed by atoms with Crippen LogP contribution in [0.15, 0.2) is 92.0 Å². The average molecular weight is 908 g/mol. The van der Waals surface area contributed by atoms with Crippen molar-refractivity contribution in [3.05, 3.63) is 120 Å². The first-order valence-electron chi connectivity index (χ1n) is 22.4. The maximum Gasteiger partial charge on any atom is 0.410 e. The van der Waals surface area contributed by atoms with Gasteiger partial charge >= 0.3 is 24.2 Å². The number of benzene rings is 3. The van der Waals surface area contributed by atoms with Crippen molar-refractivity contribution in [3.8, 4) is 11.1 Å². The number of carbonyl (C=O) groups excluding carboxylic acids is 6. The molecule has 2 fully saturated rings. The zero-order chi connectivity index (χ0) is 47.3. The largest absolute Gasteiger partial charge is 0.464 e. The molecule has 66 heavy (non-hydrogen) atoms. The molecule has 2 aliphatic carbocycles. The van der Waals surface area contributed by atoms with E-state index in [1.54, 1.807) is 52.0 Å². The van der Waals surface area contributed by atoms with Gasteiger partial charge in [0.2, 0.25) is 11.8 Å². The molecule has 15 nitrogen and oxygen atoms in total. The second-order valence-electron chi connectivity index (χ2n) is 18.1. The maximum atomic E-state index is 14.8. The number of nitrogens with one attached hydrogen (secondary N) is 2. The lowest BCUT2D eigenvalue weighted by molar-refractivity contribution is -0.150. The molecule has 0 bridgehead atoms. The van der Waals surface area contributed by atoms with Crippen LogP contribution in [-0.4, -0.2) is 113 Å². The van der Waals surface area contributed by atoms with Crippen molar-refractivity contribution >= 4 is 36.1 Å². The summed E-state index contributed by atoms with van der Waals surface area (Å²) in [5, 5.41) is 5.49. The minimum absolute atomic E-state index is 0.0133. The predicted octanol–water partition coefficient (Wildman–Crippen LogP) is 6.98. The van der Waals surface area contributed by atoms with Gasteiger partial charge in [-0.2, -0.15) is 0 Å². The molecular formula is C50H58FN5O10. The summed E-state index contributed by atoms with van der Waals surface area (Å²) in [4.78, 5) is 86.9. The van der Waals surface area contributed by atoms with Crippen molar-refractivity contribution < 1.29 is 52.1 Å². The number of alkyl carbamates (subject to hydrolysis) is 1. The summed E-state index contributed by atoms with van der Waals surface area (Å²) in [7, 11) is 0. The van der Waals surface area contributed by atoms with Crippen LogP contribution in [0.4, 0.5) is 18.8 Å². The van der Waals surface area contributed by atoms with Crippen LogP contribution in [0.2, 0.25) is 0 Å². The molecule has 16 heteroatoms. The van der Waals surface area contributed by atoms with E-state index in [0.717, 1.165) is 22.3 Å². The van der Waals surface area contributed by atoms with Gasteiger partial charge in [-0.15, -0.1) is 13.2 Å². The highest BCUT2D eigenvalue weighted by atomic mass is 19.1. The number of halogens is 1. The van der Waals surface area contributed by atoms with Crippen molar-refractivity contribution in [2.45, 2.75) is 102 Å². The zero-order valence-electron chi connectivity index (χ0n) is 37.9. The molecule has 3 aromatic rings. The van der Waals surface area contributed by atoms with Crippen LogP contribution >= 0.6 is 0 Å². The summed E-state index contributed by atoms with van der Waals surface area (Å²) in [5.74, 6) is -3.06. The van der Waals surface area contributed by atoms with Crippen molar-refractivity contribution in [1.82, 2.24) is 25.3 Å². The van der Waals surface area contributed by atoms with Gasteiger partial charge in [-0.05, 0) is 80.8 Å². The molecule has 0 spiro atoms. The summed E-state index contributed by atoms with van der Waals surface area (Å²) in [6.45, 7) is 14.5. The normalized spacial score (nSPS) is 20.8. The molecule has 2 aliphatic heterocycles. The number of rotatable bonds is 16. The third kappa shape index (κ3) is 10.2. The van der Waals surface area contributed by atoms with Crippen molar-refractivity contribution in [2.24, 2.45) is 5.92 Å². The molecule has 0 radical (unpaired) electrons. The highest BCUT2D eigenvalue weighted by Gasteiger charge is 2.62. The lowest BCUT2D eigenvalue weighted by atomic mass is 9.98. The topological polar surface area (TPSA) is 173 Å². The Kier molecular flexibility index (Phi) is 14.2. The van der Waals surface area contributed by atoms with Gasteiger partial charge in [-0.1, -0.05) is 72.8 Å². The Balaban J connectivity index is 1.08. The van der Waals surface area contributed by atoms with Crippen molar-refractivity contribution in [2.75, 3.05) is 32.8 Å². The Hall–Kier alpha value is -6.71. The first-order valence-corrected chi connectivity index (χ1v) is 22.4. The van der Waals surface area contributed by atoms with Crippen LogP contribution in [-0.2, 0) is 46.4 Å². The van der Waals surface area contributed by atoms with E-state index in [1.165, 1.54) is 20.8 Å². The van der Waals surface area contributed by atoms with Crippen LogP contribution in [0.25, 0.3) is 11.1 Å². The number of hydrogen-bond acceptors (Lipinski definition) is 10. The number of esters is 1. The predicted molar refractivity (Wildman–Crippen MR) is 241 cm³/mol. The molecule has 0 aromatic heterocycles. The maximum absolute atomic E-state index is 14.8. The summed E-state index contributed by atoms with van der Waals surface area (Å²) in [5.41, 5.74) is 3.00. The van der Waals surface area contributed by atoms with E-state index in [4.69, 9.17) is 18.9 Å². The van der Waals surface area contributed by atoms with Gasteiger partial charge in [0.05, 0.1) is 19.7 Å². The first-order chi connectivity index (χ1) is 31.6. The van der Waals surface area contributed by atoms with Crippen LogP contribution in [0.5, 0.6) is 0 Å². The Bertz CT molecular complexity index is 2340. The van der Waals surface area contributed by atoms with Crippen LogP contribution in [0, 0.1) is 11.7 Å². The first kappa shape index (κ1) is 47.3. The Labute approximate surface area is 384 Å². The molecule has 2 N–H and O–H groups in total. The summed E-state index contributed by atoms with van der Waals surface area (Å²) in [6.07, 6.45) is 0.134. The minimum Gasteiger partial charge on any atom is -0.464 e. The number of amides is 5. The van der Waals surface area contributed by atoms with Crippen molar-refractivity contribution in [3.63, 3.8) is 0 Å². The van der Waals surface area contributed by atoms with Crippen LogP contribution in [0.1, 0.15) is 81.5 Å². The highest BCUT2D eigenvalue weighted by molar-refractivity contribution is 5.96. The second-order valence-corrected chi connectivity index (χ2v) is 18.1. The minimum atomic E-state index is -1.40. The molecule has 4 aliphatic rings. The van der Waals surface area contributed by atoms with E-state index in [2.05, 4.69) is 35.9 Å². The van der Waals surface area contributed by atoms with E-state index < -0.39 is 77.1 Å². The van der Waals surface area contributed by atoms with E-state index in [-0.39, 0.29) is 77.5 Å². The molecule has 3 aromatic carbocycles. The number of likely N-dealkylation sites (tertiary alicyclic amines) is 1. The fourth-order valence-corrected chi connectivity index (χ4v) is 9.16. The number of carbonyl (C=O) groups is 6. The Morgan fingerprint density at radius 1 is 0.955 bits per heavy atom. The number of fused-ring (bicyclic) bond motifs is 4. The summed E-state index contributed by atoms with van der Waals surface area (Å²) >= 11 is 0. The quantitative estimate of drug-likeness (QED) is 0.0868. The fraction of sp³-hybridized carbons (Fsp3) is 0.440. The van der Waals surface area contributed by atoms with Gasteiger partial charge < -0.3 is 39.4 Å². The molecule has 5 amide bonds. The molecule has 5 atom stereocenters. The van der Waals surface area contributed by atoms with E-state index in [9.17, 15) is 33.2 Å². The van der Waals surface area contributed by atoms with Gasteiger partial charge in [0.15, 0.2) is 0 Å². The smallest absolute Gasteiger partial charge is 0.410 e. The van der Waals surface area contributed by atoms with Crippen molar-refractivity contribution in [1.29, 1.82) is 0 Å². The van der Waals surface area contributed by atoms with Gasteiger partial charge in [0.1, 0.15) is 41.8 Å². The SMILES string of the molecule is C=CCN(CCC[C@H](NC(=O)OC(C)(C)C)C(=O)N1C[C@H](OC(=O)N2Cc3cccc(F)c3C2)C[C@H]1C(=O)N[C@]1(C(=O)OCC)C[C@H]1C=C)C(=O)OCC1c2ccccc2-c2ccccc21. The van der Waals surface area contributed by atoms with E-state index in [1.807, 2.05) is 36.4 Å². The van der Waals surface area contributed by atoms with Gasteiger partial charge in [0.25, 0.3) is 0 Å². The third-order valence-corrected chi connectivity index (χ3v) is 12.4. The van der Waals surface area contributed by atoms with E-state index >= 15 is 0 Å². The molecule has 350 valence electrons. The Morgan fingerprint density at radius 3 is 2.27 bits per heavy atom. The lowest BCUT2D eigenvalue weighted by Crippen LogP contribution is -2.57. The number of ether oxygens (including phenoxy) is 4. The highest BCUT2D eigenvalue weighted by Crippen LogP contribution is 2.46. The summed E-state index contributed by atoms with van der Waals surface area (Å²) < 4.78 is 37.3. The second kappa shape index (κ2) is 19.8. The molecule has 1 saturated heterocycles. The number of hydrogen-bond donors (Lipinski definition) is 2. The summed E-state index contributed by atoms with van der Waals surface area (Å²) in [6, 6.07) is 18.1. The third-order valence-electron chi connectivity index (χ3n) is 12.4. The number of nitrogens with zero attached hydrogens (tertiary/aromatic N) is 3.